The van der Waals surface area contributed by atoms with Gasteiger partial charge in [0, 0.05) is 24.5 Å². The zero-order valence-corrected chi connectivity index (χ0v) is 9.54. The number of nitrogens with zero attached hydrogens (tertiary/aromatic N) is 3. The maximum absolute atomic E-state index is 11.8. The summed E-state index contributed by atoms with van der Waals surface area (Å²) in [5.74, 6) is 0.0828. The minimum atomic E-state index is 0.0828. The van der Waals surface area contributed by atoms with E-state index in [0.29, 0.717) is 23.7 Å². The predicted octanol–water partition coefficient (Wildman–Crippen LogP) is 1.25. The van der Waals surface area contributed by atoms with E-state index in [2.05, 4.69) is 10.1 Å². The van der Waals surface area contributed by atoms with Crippen LogP contribution >= 0.6 is 11.3 Å². The molecular formula is C10H10N4OS. The lowest BCUT2D eigenvalue weighted by Gasteiger charge is -1.92. The van der Waals surface area contributed by atoms with Crippen molar-refractivity contribution in [1.82, 2.24) is 14.8 Å². The van der Waals surface area contributed by atoms with Gasteiger partial charge in [-0.15, -0.1) is 11.3 Å². The van der Waals surface area contributed by atoms with Crippen LogP contribution in [0.15, 0.2) is 6.20 Å². The van der Waals surface area contributed by atoms with Crippen molar-refractivity contribution in [1.29, 1.82) is 0 Å². The average Bonchev–Trinajstić information content (AvgIpc) is 2.75. The molecule has 0 bridgehead atoms. The van der Waals surface area contributed by atoms with E-state index >= 15 is 0 Å². The topological polar surface area (TPSA) is 73.8 Å². The van der Waals surface area contributed by atoms with Crippen LogP contribution in [0.25, 0.3) is 11.3 Å². The number of Topliss-reactive ketones (excluding diaryl/α,β-unsaturated/α-hetero) is 1. The van der Waals surface area contributed by atoms with Crippen LogP contribution in [0.3, 0.4) is 0 Å². The minimum Gasteiger partial charge on any atom is -0.375 e. The molecule has 0 unspecified atom stereocenters. The van der Waals surface area contributed by atoms with Crippen molar-refractivity contribution >= 4 is 22.3 Å². The van der Waals surface area contributed by atoms with Gasteiger partial charge in [-0.05, 0) is 6.42 Å². The number of aryl methyl sites for hydroxylation is 2. The molecule has 6 heteroatoms. The van der Waals surface area contributed by atoms with Crippen molar-refractivity contribution in [3.05, 3.63) is 16.8 Å². The first-order valence-corrected chi connectivity index (χ1v) is 5.79. The Morgan fingerprint density at radius 3 is 3.06 bits per heavy atom. The van der Waals surface area contributed by atoms with Gasteiger partial charge in [0.1, 0.15) is 5.69 Å². The average molecular weight is 234 g/mol. The first-order valence-electron chi connectivity index (χ1n) is 4.97. The first kappa shape index (κ1) is 9.53. The van der Waals surface area contributed by atoms with Crippen LogP contribution in [0.4, 0.5) is 5.13 Å². The Kier molecular flexibility index (Phi) is 1.88. The Balaban J connectivity index is 2.30. The second-order valence-corrected chi connectivity index (χ2v) is 4.93. The molecule has 1 aliphatic carbocycles. The standard InChI is InChI=1S/C10H10N4OS/c1-14-4-5-8(13-14)6(15)2-3-7-9(5)12-10(11)16-7/h4H,2-3H2,1H3,(H2,11,12). The highest BCUT2D eigenvalue weighted by Crippen LogP contribution is 2.35. The summed E-state index contributed by atoms with van der Waals surface area (Å²) in [7, 11) is 1.80. The molecule has 0 amide bonds. The van der Waals surface area contributed by atoms with E-state index in [0.717, 1.165) is 16.1 Å². The molecule has 0 aliphatic heterocycles. The predicted molar refractivity (Wildman–Crippen MR) is 61.4 cm³/mol. The lowest BCUT2D eigenvalue weighted by molar-refractivity contribution is 0.0979. The Labute approximate surface area is 95.9 Å². The van der Waals surface area contributed by atoms with Gasteiger partial charge < -0.3 is 5.73 Å². The third kappa shape index (κ3) is 1.26. The van der Waals surface area contributed by atoms with Gasteiger partial charge in [0.2, 0.25) is 0 Å². The van der Waals surface area contributed by atoms with Crippen LogP contribution in [-0.2, 0) is 13.5 Å². The summed E-state index contributed by atoms with van der Waals surface area (Å²) >= 11 is 1.46. The van der Waals surface area contributed by atoms with Gasteiger partial charge in [0.25, 0.3) is 0 Å². The number of hydrogen-bond donors (Lipinski definition) is 1. The summed E-state index contributed by atoms with van der Waals surface area (Å²) in [5.41, 5.74) is 7.87. The molecule has 0 spiro atoms. The summed E-state index contributed by atoms with van der Waals surface area (Å²) in [4.78, 5) is 17.2. The molecule has 2 aromatic rings. The van der Waals surface area contributed by atoms with E-state index in [1.807, 2.05) is 6.20 Å². The van der Waals surface area contributed by atoms with Crippen LogP contribution < -0.4 is 5.73 Å². The Morgan fingerprint density at radius 1 is 1.44 bits per heavy atom. The molecule has 0 fully saturated rings. The van der Waals surface area contributed by atoms with Crippen molar-refractivity contribution in [2.45, 2.75) is 12.8 Å². The number of rotatable bonds is 0. The largest absolute Gasteiger partial charge is 0.375 e. The molecule has 3 rings (SSSR count). The Morgan fingerprint density at radius 2 is 2.25 bits per heavy atom. The number of carbonyl (C=O) groups excluding carboxylic acids is 1. The quantitative estimate of drug-likeness (QED) is 0.744. The molecular weight excluding hydrogens is 224 g/mol. The fourth-order valence-corrected chi connectivity index (χ4v) is 2.81. The third-order valence-electron chi connectivity index (χ3n) is 2.64. The first-order chi connectivity index (χ1) is 7.65. The van der Waals surface area contributed by atoms with Crippen molar-refractivity contribution < 1.29 is 4.79 Å². The summed E-state index contributed by atoms with van der Waals surface area (Å²) in [6.07, 6.45) is 3.03. The zero-order valence-electron chi connectivity index (χ0n) is 8.73. The highest BCUT2D eigenvalue weighted by molar-refractivity contribution is 7.15. The molecule has 0 atom stereocenters. The second-order valence-electron chi connectivity index (χ2n) is 3.81. The molecule has 0 aromatic carbocycles. The molecule has 0 saturated carbocycles. The molecule has 2 N–H and O–H groups in total. The van der Waals surface area contributed by atoms with E-state index in [4.69, 9.17) is 5.73 Å². The third-order valence-corrected chi connectivity index (χ3v) is 3.59. The fraction of sp³-hybridized carbons (Fsp3) is 0.300. The molecule has 5 nitrogen and oxygen atoms in total. The SMILES string of the molecule is Cn1cc2c(n1)C(=O)CCc1sc(N)nc1-2. The maximum Gasteiger partial charge on any atom is 0.184 e. The highest BCUT2D eigenvalue weighted by atomic mass is 32.1. The smallest absolute Gasteiger partial charge is 0.184 e. The Bertz CT molecular complexity index is 584. The maximum atomic E-state index is 11.8. The van der Waals surface area contributed by atoms with Crippen molar-refractivity contribution in [2.24, 2.45) is 7.05 Å². The van der Waals surface area contributed by atoms with Crippen LogP contribution in [-0.4, -0.2) is 20.5 Å². The fourth-order valence-electron chi connectivity index (χ4n) is 1.96. The zero-order chi connectivity index (χ0) is 11.3. The minimum absolute atomic E-state index is 0.0828. The highest BCUT2D eigenvalue weighted by Gasteiger charge is 2.26. The van der Waals surface area contributed by atoms with Crippen LogP contribution in [0.1, 0.15) is 21.8 Å². The van der Waals surface area contributed by atoms with Crippen molar-refractivity contribution in [3.63, 3.8) is 0 Å². The van der Waals surface area contributed by atoms with Gasteiger partial charge in [-0.25, -0.2) is 4.98 Å². The summed E-state index contributed by atoms with van der Waals surface area (Å²) in [6.45, 7) is 0. The molecule has 1 aliphatic rings. The summed E-state index contributed by atoms with van der Waals surface area (Å²) in [5, 5.41) is 4.74. The van der Waals surface area contributed by atoms with Crippen molar-refractivity contribution in [3.8, 4) is 11.3 Å². The molecule has 82 valence electrons. The number of carbonyl (C=O) groups is 1. The van der Waals surface area contributed by atoms with Crippen LogP contribution in [0.5, 0.6) is 0 Å². The lowest BCUT2D eigenvalue weighted by atomic mass is 10.1. The molecule has 0 saturated heterocycles. The van der Waals surface area contributed by atoms with Gasteiger partial charge >= 0.3 is 0 Å². The summed E-state index contributed by atoms with van der Waals surface area (Å²) in [6, 6.07) is 0. The summed E-state index contributed by atoms with van der Waals surface area (Å²) < 4.78 is 1.65. The lowest BCUT2D eigenvalue weighted by Crippen LogP contribution is -2.01. The van der Waals surface area contributed by atoms with E-state index in [1.165, 1.54) is 11.3 Å². The van der Waals surface area contributed by atoms with Crippen LogP contribution in [0.2, 0.25) is 0 Å². The normalized spacial score (nSPS) is 14.4. The van der Waals surface area contributed by atoms with E-state index in [9.17, 15) is 4.79 Å². The molecule has 2 aromatic heterocycles. The van der Waals surface area contributed by atoms with Crippen LogP contribution in [0, 0.1) is 0 Å². The van der Waals surface area contributed by atoms with E-state index in [1.54, 1.807) is 11.7 Å². The number of nitrogen functional groups attached to an aromatic ring is 1. The number of aromatic nitrogens is 3. The van der Waals surface area contributed by atoms with Gasteiger partial charge in [-0.2, -0.15) is 5.10 Å². The Hall–Kier alpha value is -1.69. The molecule has 16 heavy (non-hydrogen) atoms. The van der Waals surface area contributed by atoms with Gasteiger partial charge in [-0.3, -0.25) is 9.48 Å². The van der Waals surface area contributed by atoms with Gasteiger partial charge in [0.05, 0.1) is 11.3 Å². The number of fused-ring (bicyclic) bond motifs is 3. The molecule has 2 heterocycles. The van der Waals surface area contributed by atoms with E-state index in [-0.39, 0.29) is 5.78 Å². The number of ketones is 1. The number of thiazole rings is 1. The number of hydrogen-bond acceptors (Lipinski definition) is 5. The van der Waals surface area contributed by atoms with E-state index < -0.39 is 0 Å². The van der Waals surface area contributed by atoms with Crippen molar-refractivity contribution in [2.75, 3.05) is 5.73 Å². The number of anilines is 1. The molecule has 0 radical (unpaired) electrons. The van der Waals surface area contributed by atoms with Gasteiger partial charge in [-0.1, -0.05) is 0 Å². The van der Waals surface area contributed by atoms with Gasteiger partial charge in [0.15, 0.2) is 10.9 Å². The number of nitrogens with two attached hydrogens (primary N) is 1. The monoisotopic (exact) mass is 234 g/mol. The second kappa shape index (κ2) is 3.15.